The fraction of sp³-hybridized carbons (Fsp3) is 0.500. The molecular formula is C18H29N3O2. The molecule has 23 heavy (non-hydrogen) atoms. The predicted molar refractivity (Wildman–Crippen MR) is 96.2 cm³/mol. The lowest BCUT2D eigenvalue weighted by molar-refractivity contribution is 0.318. The molecule has 2 N–H and O–H groups in total. The second-order valence-corrected chi connectivity index (χ2v) is 5.26. The van der Waals surface area contributed by atoms with Crippen molar-refractivity contribution in [2.45, 2.75) is 33.2 Å². The van der Waals surface area contributed by atoms with Crippen molar-refractivity contribution in [1.82, 2.24) is 10.2 Å². The molecule has 0 aliphatic rings. The van der Waals surface area contributed by atoms with Crippen molar-refractivity contribution in [3.63, 3.8) is 0 Å². The monoisotopic (exact) mass is 319 g/mol. The summed E-state index contributed by atoms with van der Waals surface area (Å²) in [5.74, 6) is 1.54. The van der Waals surface area contributed by atoms with Gasteiger partial charge in [0, 0.05) is 20.1 Å². The standard InChI is InChI=1S/C18H29N3O2/c1-5-8-9-12-21(4)18(19-6-2)20-14-15-10-11-16(22)17(13-15)23-7-3/h5,10-11,13,22H,1,6-9,12,14H2,2-4H3,(H,19,20). The van der Waals surface area contributed by atoms with Crippen molar-refractivity contribution in [3.05, 3.63) is 36.4 Å². The van der Waals surface area contributed by atoms with Gasteiger partial charge in [-0.15, -0.1) is 6.58 Å². The summed E-state index contributed by atoms with van der Waals surface area (Å²) in [4.78, 5) is 6.78. The van der Waals surface area contributed by atoms with Crippen LogP contribution in [-0.2, 0) is 6.54 Å². The Labute approximate surface area is 139 Å². The number of nitrogens with one attached hydrogen (secondary N) is 1. The van der Waals surface area contributed by atoms with Crippen LogP contribution in [0.5, 0.6) is 11.5 Å². The number of rotatable bonds is 9. The van der Waals surface area contributed by atoms with Gasteiger partial charge in [-0.2, -0.15) is 0 Å². The van der Waals surface area contributed by atoms with Crippen LogP contribution in [0.1, 0.15) is 32.3 Å². The van der Waals surface area contributed by atoms with Crippen molar-refractivity contribution in [2.75, 3.05) is 26.7 Å². The Kier molecular flexibility index (Phi) is 8.65. The van der Waals surface area contributed by atoms with E-state index in [0.717, 1.165) is 37.5 Å². The molecule has 0 bridgehead atoms. The number of aliphatic imine (C=N–C) groups is 1. The number of ether oxygens (including phenoxy) is 1. The van der Waals surface area contributed by atoms with E-state index >= 15 is 0 Å². The number of unbranched alkanes of at least 4 members (excludes halogenated alkanes) is 1. The van der Waals surface area contributed by atoms with Crippen molar-refractivity contribution < 1.29 is 9.84 Å². The molecule has 5 heteroatoms. The molecule has 1 aromatic carbocycles. The smallest absolute Gasteiger partial charge is 0.193 e. The second kappa shape index (κ2) is 10.5. The fourth-order valence-corrected chi connectivity index (χ4v) is 2.14. The number of hydrogen-bond donors (Lipinski definition) is 2. The topological polar surface area (TPSA) is 57.1 Å². The molecule has 1 rings (SSSR count). The first-order valence-electron chi connectivity index (χ1n) is 8.17. The third-order valence-electron chi connectivity index (χ3n) is 3.33. The van der Waals surface area contributed by atoms with E-state index in [1.54, 1.807) is 6.07 Å². The zero-order chi connectivity index (χ0) is 17.1. The van der Waals surface area contributed by atoms with Gasteiger partial charge < -0.3 is 20.1 Å². The Hall–Kier alpha value is -2.17. The normalized spacial score (nSPS) is 11.2. The molecule has 128 valence electrons. The van der Waals surface area contributed by atoms with Crippen LogP contribution in [0.2, 0.25) is 0 Å². The molecule has 0 heterocycles. The van der Waals surface area contributed by atoms with Crippen LogP contribution >= 0.6 is 0 Å². The summed E-state index contributed by atoms with van der Waals surface area (Å²) in [7, 11) is 2.03. The van der Waals surface area contributed by atoms with Gasteiger partial charge in [0.2, 0.25) is 0 Å². The predicted octanol–water partition coefficient (Wildman–Crippen LogP) is 3.15. The molecule has 0 atom stereocenters. The first kappa shape index (κ1) is 18.9. The Bertz CT molecular complexity index is 515. The Morgan fingerprint density at radius 3 is 2.87 bits per heavy atom. The van der Waals surface area contributed by atoms with Gasteiger partial charge in [-0.1, -0.05) is 12.1 Å². The SMILES string of the molecule is C=CCCCN(C)C(=NCc1ccc(O)c(OCC)c1)NCC. The Balaban J connectivity index is 2.76. The molecule has 0 fully saturated rings. The number of allylic oxidation sites excluding steroid dienone is 1. The third kappa shape index (κ3) is 6.63. The van der Waals surface area contributed by atoms with Gasteiger partial charge in [-0.05, 0) is 44.4 Å². The van der Waals surface area contributed by atoms with Crippen LogP contribution < -0.4 is 10.1 Å². The second-order valence-electron chi connectivity index (χ2n) is 5.26. The number of hydrogen-bond acceptors (Lipinski definition) is 3. The maximum atomic E-state index is 9.75. The van der Waals surface area contributed by atoms with E-state index in [1.165, 1.54) is 0 Å². The van der Waals surface area contributed by atoms with E-state index < -0.39 is 0 Å². The lowest BCUT2D eigenvalue weighted by atomic mass is 10.2. The molecule has 0 radical (unpaired) electrons. The van der Waals surface area contributed by atoms with Gasteiger partial charge in [0.1, 0.15) is 0 Å². The van der Waals surface area contributed by atoms with Crippen molar-refractivity contribution in [3.8, 4) is 11.5 Å². The number of phenols is 1. The van der Waals surface area contributed by atoms with Gasteiger partial charge in [0.05, 0.1) is 13.2 Å². The molecule has 0 aliphatic carbocycles. The van der Waals surface area contributed by atoms with Crippen LogP contribution in [0.3, 0.4) is 0 Å². The lowest BCUT2D eigenvalue weighted by Gasteiger charge is -2.21. The van der Waals surface area contributed by atoms with E-state index in [2.05, 4.69) is 28.7 Å². The molecule has 0 saturated heterocycles. The Morgan fingerprint density at radius 1 is 1.43 bits per heavy atom. The first-order chi connectivity index (χ1) is 11.1. The van der Waals surface area contributed by atoms with Crippen LogP contribution in [0.4, 0.5) is 0 Å². The molecule has 0 amide bonds. The molecule has 0 aliphatic heterocycles. The van der Waals surface area contributed by atoms with Crippen molar-refractivity contribution in [1.29, 1.82) is 0 Å². The number of benzene rings is 1. The van der Waals surface area contributed by atoms with Gasteiger partial charge in [0.15, 0.2) is 17.5 Å². The molecule has 0 aromatic heterocycles. The van der Waals surface area contributed by atoms with E-state index in [1.807, 2.05) is 32.2 Å². The van der Waals surface area contributed by atoms with Crippen LogP contribution in [0.15, 0.2) is 35.8 Å². The van der Waals surface area contributed by atoms with Gasteiger partial charge >= 0.3 is 0 Å². The molecule has 1 aromatic rings. The number of phenolic OH excluding ortho intramolecular Hbond substituents is 1. The summed E-state index contributed by atoms with van der Waals surface area (Å²) in [5.41, 5.74) is 1.00. The van der Waals surface area contributed by atoms with E-state index in [4.69, 9.17) is 4.74 Å². The minimum atomic E-state index is 0.160. The highest BCUT2D eigenvalue weighted by Gasteiger charge is 2.06. The zero-order valence-electron chi connectivity index (χ0n) is 14.5. The summed E-state index contributed by atoms with van der Waals surface area (Å²) in [6.07, 6.45) is 3.99. The summed E-state index contributed by atoms with van der Waals surface area (Å²) >= 11 is 0. The molecule has 0 spiro atoms. The zero-order valence-corrected chi connectivity index (χ0v) is 14.5. The summed E-state index contributed by atoms with van der Waals surface area (Å²) < 4.78 is 5.41. The van der Waals surface area contributed by atoms with Gasteiger partial charge in [0.25, 0.3) is 0 Å². The minimum Gasteiger partial charge on any atom is -0.504 e. The summed E-state index contributed by atoms with van der Waals surface area (Å²) in [5, 5.41) is 13.0. The van der Waals surface area contributed by atoms with Crippen LogP contribution in [-0.4, -0.2) is 42.7 Å². The average molecular weight is 319 g/mol. The maximum Gasteiger partial charge on any atom is 0.193 e. The molecule has 5 nitrogen and oxygen atoms in total. The molecule has 0 saturated carbocycles. The highest BCUT2D eigenvalue weighted by molar-refractivity contribution is 5.79. The quantitative estimate of drug-likeness (QED) is 0.318. The van der Waals surface area contributed by atoms with Gasteiger partial charge in [-0.25, -0.2) is 4.99 Å². The van der Waals surface area contributed by atoms with E-state index in [0.29, 0.717) is 18.9 Å². The average Bonchev–Trinajstić information content (AvgIpc) is 2.54. The van der Waals surface area contributed by atoms with E-state index in [9.17, 15) is 5.11 Å². The highest BCUT2D eigenvalue weighted by atomic mass is 16.5. The fourth-order valence-electron chi connectivity index (χ4n) is 2.14. The van der Waals surface area contributed by atoms with Crippen molar-refractivity contribution in [2.24, 2.45) is 4.99 Å². The summed E-state index contributed by atoms with van der Waals surface area (Å²) in [6.45, 7) is 10.5. The van der Waals surface area contributed by atoms with Crippen LogP contribution in [0.25, 0.3) is 0 Å². The molecular weight excluding hydrogens is 290 g/mol. The van der Waals surface area contributed by atoms with E-state index in [-0.39, 0.29) is 5.75 Å². The molecule has 0 unspecified atom stereocenters. The van der Waals surface area contributed by atoms with Gasteiger partial charge in [-0.3, -0.25) is 0 Å². The first-order valence-corrected chi connectivity index (χ1v) is 8.17. The summed E-state index contributed by atoms with van der Waals surface area (Å²) in [6, 6.07) is 5.35. The largest absolute Gasteiger partial charge is 0.504 e. The van der Waals surface area contributed by atoms with Crippen LogP contribution in [0, 0.1) is 0 Å². The number of nitrogens with zero attached hydrogens (tertiary/aromatic N) is 2. The number of aromatic hydroxyl groups is 1. The third-order valence-corrected chi connectivity index (χ3v) is 3.33. The Morgan fingerprint density at radius 2 is 2.22 bits per heavy atom. The lowest BCUT2D eigenvalue weighted by Crippen LogP contribution is -2.39. The maximum absolute atomic E-state index is 9.75. The van der Waals surface area contributed by atoms with Crippen molar-refractivity contribution >= 4 is 5.96 Å². The highest BCUT2D eigenvalue weighted by Crippen LogP contribution is 2.27. The number of guanidine groups is 1. The minimum absolute atomic E-state index is 0.160.